The molecule has 1 heterocycles. The molecule has 0 saturated carbocycles. The van der Waals surface area contributed by atoms with Gasteiger partial charge in [-0.2, -0.15) is 18.2 Å². The highest BCUT2D eigenvalue weighted by Gasteiger charge is 2.27. The van der Waals surface area contributed by atoms with E-state index in [-0.39, 0.29) is 18.3 Å². The fourth-order valence-corrected chi connectivity index (χ4v) is 2.56. The Bertz CT molecular complexity index is 928. The van der Waals surface area contributed by atoms with Gasteiger partial charge in [0.15, 0.2) is 0 Å². The third kappa shape index (κ3) is 4.99. The second-order valence-corrected chi connectivity index (χ2v) is 6.01. The number of hydrogen-bond donors (Lipinski definition) is 0. The molecule has 0 N–H and O–H groups in total. The smallest absolute Gasteiger partial charge is 0.411 e. The number of ether oxygens (including phenoxy) is 2. The number of rotatable bonds is 6. The van der Waals surface area contributed by atoms with Crippen LogP contribution in [0.15, 0.2) is 47.0 Å². The maximum Gasteiger partial charge on any atom is 0.411 e. The molecule has 0 atom stereocenters. The van der Waals surface area contributed by atoms with Crippen molar-refractivity contribution in [2.75, 3.05) is 13.7 Å². The summed E-state index contributed by atoms with van der Waals surface area (Å²) in [5.41, 5.74) is 1.67. The summed E-state index contributed by atoms with van der Waals surface area (Å²) in [6.07, 6.45) is -4.37. The van der Waals surface area contributed by atoms with Crippen molar-refractivity contribution in [1.82, 2.24) is 10.1 Å². The van der Waals surface area contributed by atoms with Crippen molar-refractivity contribution in [2.45, 2.75) is 12.8 Å². The predicted molar refractivity (Wildman–Crippen MR) is 92.4 cm³/mol. The molecule has 5 nitrogen and oxygen atoms in total. The third-order valence-electron chi connectivity index (χ3n) is 3.54. The van der Waals surface area contributed by atoms with Crippen LogP contribution in [0.25, 0.3) is 22.8 Å². The Labute approximate surface area is 157 Å². The lowest BCUT2D eigenvalue weighted by molar-refractivity contribution is -0.176. The van der Waals surface area contributed by atoms with Crippen LogP contribution in [0.5, 0.6) is 5.75 Å². The molecule has 3 aromatic rings. The van der Waals surface area contributed by atoms with Gasteiger partial charge in [0.2, 0.25) is 5.82 Å². The standard InChI is InChI=1S/C18H14ClF3N2O3/c1-25-15-6-5-13(19)8-14(15)16-23-17(27-24-16)12-4-2-3-11(7-12)9-26-10-18(20,21)22/h2-8H,9-10H2,1H3. The zero-order chi connectivity index (χ0) is 19.4. The molecular formula is C18H14ClF3N2O3. The molecule has 0 saturated heterocycles. The Morgan fingerprint density at radius 3 is 2.70 bits per heavy atom. The highest BCUT2D eigenvalue weighted by atomic mass is 35.5. The maximum absolute atomic E-state index is 12.2. The molecule has 1 aromatic heterocycles. The summed E-state index contributed by atoms with van der Waals surface area (Å²) in [6, 6.07) is 11.7. The zero-order valence-corrected chi connectivity index (χ0v) is 14.8. The van der Waals surface area contributed by atoms with Crippen LogP contribution in [-0.4, -0.2) is 30.0 Å². The van der Waals surface area contributed by atoms with E-state index in [2.05, 4.69) is 14.9 Å². The first kappa shape index (κ1) is 19.2. The van der Waals surface area contributed by atoms with E-state index in [1.54, 1.807) is 42.5 Å². The Balaban J connectivity index is 1.81. The van der Waals surface area contributed by atoms with E-state index in [1.807, 2.05) is 0 Å². The molecule has 0 aliphatic carbocycles. The van der Waals surface area contributed by atoms with E-state index in [1.165, 1.54) is 7.11 Å². The summed E-state index contributed by atoms with van der Waals surface area (Å²) in [7, 11) is 1.51. The molecule has 0 bridgehead atoms. The number of halogens is 4. The minimum Gasteiger partial charge on any atom is -0.496 e. The van der Waals surface area contributed by atoms with Crippen LogP contribution in [0.4, 0.5) is 13.2 Å². The highest BCUT2D eigenvalue weighted by molar-refractivity contribution is 6.30. The number of methoxy groups -OCH3 is 1. The van der Waals surface area contributed by atoms with E-state index in [0.29, 0.717) is 27.5 Å². The van der Waals surface area contributed by atoms with Crippen LogP contribution < -0.4 is 4.74 Å². The van der Waals surface area contributed by atoms with Crippen molar-refractivity contribution < 1.29 is 27.2 Å². The van der Waals surface area contributed by atoms with Crippen molar-refractivity contribution in [1.29, 1.82) is 0 Å². The van der Waals surface area contributed by atoms with Crippen molar-refractivity contribution >= 4 is 11.6 Å². The second kappa shape index (κ2) is 7.98. The summed E-state index contributed by atoms with van der Waals surface area (Å²) in [5.74, 6) is 1.02. The molecule has 9 heteroatoms. The van der Waals surface area contributed by atoms with Gasteiger partial charge in [0.25, 0.3) is 5.89 Å². The lowest BCUT2D eigenvalue weighted by atomic mass is 10.1. The van der Waals surface area contributed by atoms with Gasteiger partial charge in [0.1, 0.15) is 12.4 Å². The normalized spacial score (nSPS) is 11.6. The van der Waals surface area contributed by atoms with Gasteiger partial charge in [-0.15, -0.1) is 0 Å². The van der Waals surface area contributed by atoms with Crippen LogP contribution >= 0.6 is 11.6 Å². The second-order valence-electron chi connectivity index (χ2n) is 5.58. The molecule has 0 fully saturated rings. The summed E-state index contributed by atoms with van der Waals surface area (Å²) in [6.45, 7) is -1.49. The van der Waals surface area contributed by atoms with Crippen LogP contribution in [0, 0.1) is 0 Å². The van der Waals surface area contributed by atoms with Crippen molar-refractivity contribution in [3.8, 4) is 28.6 Å². The maximum atomic E-state index is 12.2. The molecule has 142 valence electrons. The van der Waals surface area contributed by atoms with Gasteiger partial charge < -0.3 is 14.0 Å². The van der Waals surface area contributed by atoms with Gasteiger partial charge in [-0.3, -0.25) is 0 Å². The summed E-state index contributed by atoms with van der Waals surface area (Å²) < 4.78 is 51.8. The molecule has 3 rings (SSSR count). The van der Waals surface area contributed by atoms with Crippen LogP contribution in [0.3, 0.4) is 0 Å². The minimum absolute atomic E-state index is 0.184. The van der Waals surface area contributed by atoms with E-state index in [9.17, 15) is 13.2 Å². The first-order chi connectivity index (χ1) is 12.9. The van der Waals surface area contributed by atoms with E-state index >= 15 is 0 Å². The largest absolute Gasteiger partial charge is 0.496 e. The molecule has 0 radical (unpaired) electrons. The van der Waals surface area contributed by atoms with E-state index in [0.717, 1.165) is 0 Å². The van der Waals surface area contributed by atoms with Crippen LogP contribution in [-0.2, 0) is 11.3 Å². The van der Waals surface area contributed by atoms with Gasteiger partial charge in [-0.05, 0) is 35.9 Å². The summed E-state index contributed by atoms with van der Waals surface area (Å²) >= 11 is 6.01. The van der Waals surface area contributed by atoms with Gasteiger partial charge in [0.05, 0.1) is 19.3 Å². The monoisotopic (exact) mass is 398 g/mol. The van der Waals surface area contributed by atoms with Crippen molar-refractivity contribution in [3.63, 3.8) is 0 Å². The lowest BCUT2D eigenvalue weighted by Gasteiger charge is -2.08. The molecule has 0 unspecified atom stereocenters. The SMILES string of the molecule is COc1ccc(Cl)cc1-c1noc(-c2cccc(COCC(F)(F)F)c2)n1. The van der Waals surface area contributed by atoms with Crippen molar-refractivity contribution in [3.05, 3.63) is 53.1 Å². The third-order valence-corrected chi connectivity index (χ3v) is 3.77. The number of aromatic nitrogens is 2. The van der Waals surface area contributed by atoms with E-state index < -0.39 is 12.8 Å². The Morgan fingerprint density at radius 1 is 1.15 bits per heavy atom. The molecule has 0 aliphatic rings. The first-order valence-corrected chi connectivity index (χ1v) is 8.15. The number of hydrogen-bond acceptors (Lipinski definition) is 5. The Hall–Kier alpha value is -2.58. The molecule has 27 heavy (non-hydrogen) atoms. The van der Waals surface area contributed by atoms with Crippen molar-refractivity contribution in [2.24, 2.45) is 0 Å². The minimum atomic E-state index is -4.37. The zero-order valence-electron chi connectivity index (χ0n) is 14.1. The number of alkyl halides is 3. The van der Waals surface area contributed by atoms with Gasteiger partial charge >= 0.3 is 6.18 Å². The first-order valence-electron chi connectivity index (χ1n) is 7.77. The fraction of sp³-hybridized carbons (Fsp3) is 0.222. The number of nitrogens with zero attached hydrogens (tertiary/aromatic N) is 2. The van der Waals surface area contributed by atoms with Crippen LogP contribution in [0.2, 0.25) is 5.02 Å². The van der Waals surface area contributed by atoms with Crippen LogP contribution in [0.1, 0.15) is 5.56 Å². The molecule has 2 aromatic carbocycles. The molecule has 0 spiro atoms. The predicted octanol–water partition coefficient (Wildman–Crippen LogP) is 5.14. The Morgan fingerprint density at radius 2 is 1.96 bits per heavy atom. The topological polar surface area (TPSA) is 57.4 Å². The average molecular weight is 399 g/mol. The Kier molecular flexibility index (Phi) is 5.67. The summed E-state index contributed by atoms with van der Waals surface area (Å²) in [5, 5.41) is 4.42. The highest BCUT2D eigenvalue weighted by Crippen LogP contribution is 2.32. The van der Waals surface area contributed by atoms with Gasteiger partial charge in [-0.1, -0.05) is 28.9 Å². The van der Waals surface area contributed by atoms with E-state index in [4.69, 9.17) is 20.9 Å². The molecular weight excluding hydrogens is 385 g/mol. The molecule has 0 amide bonds. The van der Waals surface area contributed by atoms with Gasteiger partial charge in [-0.25, -0.2) is 0 Å². The quantitative estimate of drug-likeness (QED) is 0.575. The lowest BCUT2D eigenvalue weighted by Crippen LogP contribution is -2.16. The molecule has 0 aliphatic heterocycles. The summed E-state index contributed by atoms with van der Waals surface area (Å²) in [4.78, 5) is 4.32. The van der Waals surface area contributed by atoms with Gasteiger partial charge in [0, 0.05) is 10.6 Å². The fourth-order valence-electron chi connectivity index (χ4n) is 2.38. The average Bonchev–Trinajstić information content (AvgIpc) is 3.11. The number of benzene rings is 2.